The van der Waals surface area contributed by atoms with Gasteiger partial charge in [-0.25, -0.2) is 10.5 Å². The van der Waals surface area contributed by atoms with Crippen molar-refractivity contribution in [2.24, 2.45) is 0 Å². The van der Waals surface area contributed by atoms with Crippen molar-refractivity contribution >= 4 is 25.3 Å². The molecule has 2 aromatic rings. The molecule has 0 amide bonds. The van der Waals surface area contributed by atoms with Crippen molar-refractivity contribution in [3.8, 4) is 10.8 Å². The molecule has 128 valence electrons. The Kier molecular flexibility index (Phi) is 28.3. The van der Waals surface area contributed by atoms with Gasteiger partial charge in [0.1, 0.15) is 0 Å². The molecule has 0 aliphatic rings. The molecule has 0 unspecified atom stereocenters. The van der Waals surface area contributed by atoms with E-state index in [1.54, 1.807) is 0 Å². The van der Waals surface area contributed by atoms with Crippen LogP contribution in [0.2, 0.25) is 0 Å². The van der Waals surface area contributed by atoms with Crippen molar-refractivity contribution in [2.75, 3.05) is 0 Å². The zero-order chi connectivity index (χ0) is 18.5. The van der Waals surface area contributed by atoms with E-state index >= 15 is 0 Å². The van der Waals surface area contributed by atoms with E-state index in [-0.39, 0.29) is 27.3 Å². The van der Waals surface area contributed by atoms with Gasteiger partial charge < -0.3 is 25.3 Å². The number of aromatic nitrogens is 2. The first kappa shape index (κ1) is 28.4. The van der Waals surface area contributed by atoms with Crippen LogP contribution < -0.4 is 0 Å². The Morgan fingerprint density at radius 2 is 1.00 bits per heavy atom. The summed E-state index contributed by atoms with van der Waals surface area (Å²) >= 11 is 7.40. The van der Waals surface area contributed by atoms with E-state index in [9.17, 15) is 0 Å². The summed E-state index contributed by atoms with van der Waals surface area (Å²) in [6, 6.07) is 8.24. The van der Waals surface area contributed by atoms with Gasteiger partial charge in [0.05, 0.1) is 0 Å². The first-order chi connectivity index (χ1) is 11.7. The number of hydrogen-bond acceptors (Lipinski definition) is 6. The van der Waals surface area contributed by atoms with Crippen molar-refractivity contribution in [1.29, 1.82) is 10.5 Å². The van der Waals surface area contributed by atoms with Crippen molar-refractivity contribution in [3.63, 3.8) is 0 Å². The van der Waals surface area contributed by atoms with Crippen LogP contribution in [0.4, 0.5) is 0 Å². The molecule has 0 saturated heterocycles. The molecule has 0 aromatic carbocycles. The van der Waals surface area contributed by atoms with Crippen LogP contribution in [0, 0.1) is 21.3 Å². The molecule has 7 heteroatoms. The van der Waals surface area contributed by atoms with E-state index < -0.39 is 0 Å². The quantitative estimate of drug-likeness (QED) is 0.380. The maximum atomic E-state index is 7.13. The van der Waals surface area contributed by atoms with Gasteiger partial charge in [-0.2, -0.15) is 0 Å². The molecule has 0 N–H and O–H groups in total. The summed E-state index contributed by atoms with van der Waals surface area (Å²) in [5, 5.41) is 16.9. The first-order valence-electron chi connectivity index (χ1n) is 7.50. The van der Waals surface area contributed by atoms with Crippen molar-refractivity contribution < 1.29 is 27.3 Å². The van der Waals surface area contributed by atoms with Crippen LogP contribution in [0.25, 0.3) is 0 Å². The van der Waals surface area contributed by atoms with Gasteiger partial charge in [0.15, 0.2) is 0 Å². The molecule has 0 fully saturated rings. The molecule has 0 spiro atoms. The average molecular weight is 471 g/mol. The second-order valence-corrected chi connectivity index (χ2v) is 4.76. The summed E-state index contributed by atoms with van der Waals surface area (Å²) in [6.07, 6.45) is 12.1. The van der Waals surface area contributed by atoms with Crippen LogP contribution in [-0.2, 0) is 65.4 Å². The third kappa shape index (κ3) is 22.6. The van der Waals surface area contributed by atoms with Crippen molar-refractivity contribution in [3.05, 3.63) is 60.2 Å². The van der Waals surface area contributed by atoms with E-state index in [1.165, 1.54) is 47.6 Å². The number of nitrogens with zero attached hydrogens (tertiary/aromatic N) is 4. The number of nitriles is 2. The Bertz CT molecular complexity index is 516. The molecule has 0 bridgehead atoms. The molecular weight excluding hydrogens is 449 g/mol. The fourth-order valence-corrected chi connectivity index (χ4v) is 1.68. The van der Waals surface area contributed by atoms with Gasteiger partial charge in [-0.1, -0.05) is 37.5 Å². The molecule has 2 aromatic heterocycles. The summed E-state index contributed by atoms with van der Waals surface area (Å²) in [7, 11) is 0. The summed E-state index contributed by atoms with van der Waals surface area (Å²) in [4.78, 5) is 7.86. The third-order valence-electron chi connectivity index (χ3n) is 2.58. The van der Waals surface area contributed by atoms with Crippen LogP contribution in [0.15, 0.2) is 49.1 Å². The Labute approximate surface area is 182 Å². The fourth-order valence-electron chi connectivity index (χ4n) is 1.68. The number of rotatable bonds is 4. The molecule has 0 aliphatic carbocycles. The molecule has 0 saturated carbocycles. The van der Waals surface area contributed by atoms with Gasteiger partial charge >= 0.3 is 27.3 Å². The van der Waals surface area contributed by atoms with E-state index in [4.69, 9.17) is 10.5 Å². The fraction of sp³-hybridized carbons (Fsp3) is 0.333. The van der Waals surface area contributed by atoms with Crippen molar-refractivity contribution in [2.45, 2.75) is 39.5 Å². The molecule has 2 heterocycles. The standard InChI is InChI=1S/2C8H11N.2CHNS.Cd/c2*1-2-3-8-4-6-9-7-5-8;2*2-1-3;/h2*4-7H,2-3H2,1H3;2*3H;/q;;;;+2/p-2. The van der Waals surface area contributed by atoms with Gasteiger partial charge in [0.2, 0.25) is 0 Å². The normalized spacial score (nSPS) is 7.36. The third-order valence-corrected chi connectivity index (χ3v) is 2.58. The van der Waals surface area contributed by atoms with Gasteiger partial charge in [-0.15, -0.1) is 0 Å². The molecule has 4 nitrogen and oxygen atoms in total. The minimum atomic E-state index is 0. The zero-order valence-corrected chi connectivity index (χ0v) is 20.4. The van der Waals surface area contributed by atoms with Gasteiger partial charge in [0, 0.05) is 24.8 Å². The number of pyridine rings is 2. The summed E-state index contributed by atoms with van der Waals surface area (Å²) in [5.74, 6) is 0. The van der Waals surface area contributed by atoms with E-state index in [0.717, 1.165) is 0 Å². The molecule has 25 heavy (non-hydrogen) atoms. The van der Waals surface area contributed by atoms with Gasteiger partial charge in [0.25, 0.3) is 0 Å². The maximum Gasteiger partial charge on any atom is 2.00 e. The second-order valence-electron chi connectivity index (χ2n) is 4.39. The average Bonchev–Trinajstić information content (AvgIpc) is 2.59. The molecule has 2 rings (SSSR count). The second kappa shape index (κ2) is 24.9. The first-order valence-corrected chi connectivity index (χ1v) is 8.31. The summed E-state index contributed by atoms with van der Waals surface area (Å²) in [5.41, 5.74) is 2.76. The number of hydrogen-bond donors (Lipinski definition) is 0. The Hall–Kier alpha value is -1.36. The van der Waals surface area contributed by atoms with Crippen molar-refractivity contribution in [1.82, 2.24) is 9.97 Å². The van der Waals surface area contributed by atoms with Crippen LogP contribution in [0.3, 0.4) is 0 Å². The molecule has 0 radical (unpaired) electrons. The summed E-state index contributed by atoms with van der Waals surface area (Å²) in [6.45, 7) is 4.36. The smallest absolute Gasteiger partial charge is 0.696 e. The predicted octanol–water partition coefficient (Wildman–Crippen LogP) is 4.09. The Morgan fingerprint density at radius 1 is 0.760 bits per heavy atom. The van der Waals surface area contributed by atoms with E-state index in [1.807, 2.05) is 24.8 Å². The van der Waals surface area contributed by atoms with Crippen LogP contribution in [0.1, 0.15) is 37.8 Å². The zero-order valence-electron chi connectivity index (χ0n) is 14.8. The van der Waals surface area contributed by atoms with E-state index in [0.29, 0.717) is 0 Å². The molecule has 0 aliphatic heterocycles. The Balaban J connectivity index is -0.000000287. The summed E-state index contributed by atoms with van der Waals surface area (Å²) < 4.78 is 0. The minimum Gasteiger partial charge on any atom is -0.696 e. The Morgan fingerprint density at radius 3 is 1.20 bits per heavy atom. The molecular formula is C18H22CdN4S2. The SMILES string of the molecule is CCCc1ccncc1.CCCc1ccncc1.N#C[S-].N#C[S-].[Cd+2]. The van der Waals surface area contributed by atoms with Crippen LogP contribution in [-0.4, -0.2) is 9.97 Å². The maximum absolute atomic E-state index is 7.13. The van der Waals surface area contributed by atoms with E-state index in [2.05, 4.69) is 73.3 Å². The van der Waals surface area contributed by atoms with Gasteiger partial charge in [-0.05, 0) is 48.2 Å². The van der Waals surface area contributed by atoms with Gasteiger partial charge in [-0.3, -0.25) is 9.97 Å². The number of thiocyanates is 2. The monoisotopic (exact) mass is 472 g/mol. The topological polar surface area (TPSA) is 73.4 Å². The molecule has 0 atom stereocenters. The van der Waals surface area contributed by atoms with Crippen LogP contribution >= 0.6 is 0 Å². The predicted molar refractivity (Wildman–Crippen MR) is 102 cm³/mol. The van der Waals surface area contributed by atoms with Crippen LogP contribution in [0.5, 0.6) is 0 Å². The largest absolute Gasteiger partial charge is 2.00 e. The minimum absolute atomic E-state index is 0. The number of aryl methyl sites for hydroxylation is 2.